The van der Waals surface area contributed by atoms with Gasteiger partial charge in [-0.15, -0.1) is 0 Å². The molecule has 0 heterocycles. The molecule has 8 heteroatoms. The van der Waals surface area contributed by atoms with Gasteiger partial charge in [-0.3, -0.25) is 9.59 Å². The third kappa shape index (κ3) is 37.1. The molecule has 0 aromatic carbocycles. The summed E-state index contributed by atoms with van der Waals surface area (Å²) in [5, 5.41) is 11.6. The summed E-state index contributed by atoms with van der Waals surface area (Å²) in [6.45, 7) is 4.63. The molecule has 0 aromatic rings. The molecule has 2 atom stereocenters. The summed E-state index contributed by atoms with van der Waals surface area (Å²) in [5.41, 5.74) is 0. The SMILES string of the molecule is CCCCC/C=C\C/C=C\C/C=C\CCCCCCCCC(=O)OC(COCCC(C(=O)[O-])[N+](C)(C)C)COC(=O)CCCCCCCCCCCCCCC. The molecule has 56 heavy (non-hydrogen) atoms. The molecule has 2 unspecified atom stereocenters. The molecule has 0 bridgehead atoms. The van der Waals surface area contributed by atoms with Crippen LogP contribution in [0.25, 0.3) is 0 Å². The first-order chi connectivity index (χ1) is 27.1. The van der Waals surface area contributed by atoms with Gasteiger partial charge in [-0.25, -0.2) is 0 Å². The highest BCUT2D eigenvalue weighted by atomic mass is 16.6. The topological polar surface area (TPSA) is 102 Å². The maximum Gasteiger partial charge on any atom is 0.306 e. The van der Waals surface area contributed by atoms with Crippen LogP contribution in [0.15, 0.2) is 36.5 Å². The number of nitrogens with zero attached hydrogens (tertiary/aromatic N) is 1. The molecule has 0 rings (SSSR count). The van der Waals surface area contributed by atoms with Crippen LogP contribution >= 0.6 is 0 Å². The van der Waals surface area contributed by atoms with Crippen LogP contribution in [0.1, 0.15) is 200 Å². The van der Waals surface area contributed by atoms with Gasteiger partial charge < -0.3 is 28.6 Å². The quantitative estimate of drug-likeness (QED) is 0.0263. The molecule has 0 saturated heterocycles. The molecule has 0 N–H and O–H groups in total. The van der Waals surface area contributed by atoms with E-state index in [1.54, 1.807) is 21.1 Å². The van der Waals surface area contributed by atoms with Crippen molar-refractivity contribution in [3.8, 4) is 0 Å². The molecule has 8 nitrogen and oxygen atoms in total. The summed E-state index contributed by atoms with van der Waals surface area (Å²) in [6.07, 6.45) is 44.4. The van der Waals surface area contributed by atoms with Crippen LogP contribution in [0.3, 0.4) is 0 Å². The predicted octanol–water partition coefficient (Wildman–Crippen LogP) is 11.3. The summed E-state index contributed by atoms with van der Waals surface area (Å²) in [5.74, 6) is -1.74. The van der Waals surface area contributed by atoms with Crippen molar-refractivity contribution < 1.29 is 38.2 Å². The number of carbonyl (C=O) groups is 3. The van der Waals surface area contributed by atoms with Crippen LogP contribution in [0.4, 0.5) is 0 Å². The van der Waals surface area contributed by atoms with Gasteiger partial charge in [0.2, 0.25) is 0 Å². The number of carboxylic acid groups (broad SMARTS) is 1. The van der Waals surface area contributed by atoms with E-state index in [0.717, 1.165) is 64.2 Å². The Morgan fingerprint density at radius 3 is 1.43 bits per heavy atom. The van der Waals surface area contributed by atoms with Crippen LogP contribution in [0.5, 0.6) is 0 Å². The number of likely N-dealkylation sites (N-methyl/N-ethyl adjacent to an activating group) is 1. The van der Waals surface area contributed by atoms with Gasteiger partial charge in [0.25, 0.3) is 0 Å². The van der Waals surface area contributed by atoms with Crippen LogP contribution in [0, 0.1) is 0 Å². The molecular weight excluding hydrogens is 703 g/mol. The molecule has 326 valence electrons. The Morgan fingerprint density at radius 1 is 0.536 bits per heavy atom. The maximum atomic E-state index is 12.7. The number of quaternary nitrogens is 1. The van der Waals surface area contributed by atoms with Crippen molar-refractivity contribution in [1.29, 1.82) is 0 Å². The molecule has 0 aliphatic rings. The number of rotatable bonds is 41. The van der Waals surface area contributed by atoms with Gasteiger partial charge in [0.15, 0.2) is 6.10 Å². The normalized spacial score (nSPS) is 13.2. The van der Waals surface area contributed by atoms with Crippen molar-refractivity contribution in [3.05, 3.63) is 36.5 Å². The number of ether oxygens (including phenoxy) is 3. The molecule has 0 aliphatic carbocycles. The zero-order valence-electron chi connectivity index (χ0n) is 37.1. The Hall–Kier alpha value is -2.45. The second-order valence-electron chi connectivity index (χ2n) is 16.6. The van der Waals surface area contributed by atoms with Crippen molar-refractivity contribution in [3.63, 3.8) is 0 Å². The molecule has 0 aliphatic heterocycles. The average Bonchev–Trinajstić information content (AvgIpc) is 3.15. The van der Waals surface area contributed by atoms with Gasteiger partial charge in [-0.05, 0) is 51.4 Å². The third-order valence-corrected chi connectivity index (χ3v) is 10.3. The van der Waals surface area contributed by atoms with Gasteiger partial charge >= 0.3 is 11.9 Å². The molecule has 0 fully saturated rings. The Kier molecular flexibility index (Phi) is 37.7. The standard InChI is InChI=1S/C48H87NO7/c1-6-8-10-12-14-16-18-20-21-22-23-24-25-27-29-31-33-35-37-39-47(51)56-44(42-54-41-40-45(48(52)53)49(3,4)5)43-55-46(50)38-36-34-32-30-28-26-19-17-15-13-11-9-7-2/h14,16,20-21,23-24,44-45H,6-13,15,17-19,22,25-43H2,1-5H3/b16-14-,21-20-,24-23-. The largest absolute Gasteiger partial charge is 0.544 e. The van der Waals surface area contributed by atoms with Crippen LogP contribution in [-0.4, -0.2) is 75.5 Å². The summed E-state index contributed by atoms with van der Waals surface area (Å²) in [4.78, 5) is 36.9. The van der Waals surface area contributed by atoms with E-state index >= 15 is 0 Å². The van der Waals surface area contributed by atoms with Gasteiger partial charge in [-0.1, -0.05) is 166 Å². The van der Waals surface area contributed by atoms with Gasteiger partial charge in [0.1, 0.15) is 12.6 Å². The Morgan fingerprint density at radius 2 is 0.946 bits per heavy atom. The first-order valence-electron chi connectivity index (χ1n) is 23.0. The van der Waals surface area contributed by atoms with Gasteiger partial charge in [-0.2, -0.15) is 0 Å². The number of carbonyl (C=O) groups excluding carboxylic acids is 3. The molecule has 0 aromatic heterocycles. The van der Waals surface area contributed by atoms with Crippen molar-refractivity contribution in [2.75, 3.05) is 41.0 Å². The maximum absolute atomic E-state index is 12.7. The number of unbranched alkanes of at least 4 members (excludes halogenated alkanes) is 21. The third-order valence-electron chi connectivity index (χ3n) is 10.3. The first kappa shape index (κ1) is 53.6. The van der Waals surface area contributed by atoms with Crippen molar-refractivity contribution in [2.24, 2.45) is 0 Å². The minimum atomic E-state index is -1.13. The average molecular weight is 790 g/mol. The minimum absolute atomic E-state index is 0.0376. The van der Waals surface area contributed by atoms with E-state index < -0.39 is 18.1 Å². The highest BCUT2D eigenvalue weighted by molar-refractivity contribution is 5.70. The van der Waals surface area contributed by atoms with E-state index in [-0.39, 0.29) is 42.7 Å². The Bertz CT molecular complexity index is 1020. The zero-order valence-corrected chi connectivity index (χ0v) is 37.1. The van der Waals surface area contributed by atoms with Crippen LogP contribution in [-0.2, 0) is 28.6 Å². The van der Waals surface area contributed by atoms with Gasteiger partial charge in [0, 0.05) is 19.3 Å². The second-order valence-corrected chi connectivity index (χ2v) is 16.6. The number of allylic oxidation sites excluding steroid dienone is 6. The van der Waals surface area contributed by atoms with Crippen LogP contribution < -0.4 is 5.11 Å². The van der Waals surface area contributed by atoms with E-state index in [4.69, 9.17) is 14.2 Å². The predicted molar refractivity (Wildman–Crippen MR) is 231 cm³/mol. The van der Waals surface area contributed by atoms with E-state index in [1.165, 1.54) is 103 Å². The monoisotopic (exact) mass is 790 g/mol. The van der Waals surface area contributed by atoms with Crippen molar-refractivity contribution in [2.45, 2.75) is 212 Å². The smallest absolute Gasteiger partial charge is 0.306 e. The lowest BCUT2D eigenvalue weighted by Gasteiger charge is -2.34. The highest BCUT2D eigenvalue weighted by Crippen LogP contribution is 2.15. The fourth-order valence-corrected chi connectivity index (χ4v) is 6.67. The molecule has 0 amide bonds. The van der Waals surface area contributed by atoms with Crippen LogP contribution in [0.2, 0.25) is 0 Å². The lowest BCUT2D eigenvalue weighted by atomic mass is 10.0. The van der Waals surface area contributed by atoms with Gasteiger partial charge in [0.05, 0.1) is 40.3 Å². The summed E-state index contributed by atoms with van der Waals surface area (Å²) in [7, 11) is 5.41. The molecular formula is C48H87NO7. The molecule has 0 saturated carbocycles. The zero-order chi connectivity index (χ0) is 41.4. The van der Waals surface area contributed by atoms with E-state index in [0.29, 0.717) is 12.8 Å². The summed E-state index contributed by atoms with van der Waals surface area (Å²) in [6, 6.07) is -0.726. The summed E-state index contributed by atoms with van der Waals surface area (Å²) >= 11 is 0. The van der Waals surface area contributed by atoms with E-state index in [2.05, 4.69) is 50.3 Å². The molecule has 0 radical (unpaired) electrons. The fraction of sp³-hybridized carbons (Fsp3) is 0.812. The minimum Gasteiger partial charge on any atom is -0.544 e. The number of carboxylic acids is 1. The van der Waals surface area contributed by atoms with Crippen molar-refractivity contribution in [1.82, 2.24) is 0 Å². The number of esters is 2. The summed E-state index contributed by atoms with van der Waals surface area (Å²) < 4.78 is 17.2. The van der Waals surface area contributed by atoms with E-state index in [9.17, 15) is 19.5 Å². The Balaban J connectivity index is 4.33. The molecule has 0 spiro atoms. The van der Waals surface area contributed by atoms with Crippen molar-refractivity contribution >= 4 is 17.9 Å². The Labute approximate surface area is 344 Å². The number of hydrogen-bond acceptors (Lipinski definition) is 7. The lowest BCUT2D eigenvalue weighted by Crippen LogP contribution is -2.55. The van der Waals surface area contributed by atoms with E-state index in [1.807, 2.05) is 0 Å². The number of hydrogen-bond donors (Lipinski definition) is 0. The fourth-order valence-electron chi connectivity index (χ4n) is 6.67. The second kappa shape index (κ2) is 39.4. The lowest BCUT2D eigenvalue weighted by molar-refractivity contribution is -0.889. The highest BCUT2D eigenvalue weighted by Gasteiger charge is 2.25. The number of aliphatic carboxylic acids is 1. The first-order valence-corrected chi connectivity index (χ1v) is 23.0.